The highest BCUT2D eigenvalue weighted by Crippen LogP contribution is 2.59. The number of nitrogens with zero attached hydrogens (tertiary/aromatic N) is 4. The van der Waals surface area contributed by atoms with Crippen molar-refractivity contribution in [1.29, 1.82) is 5.26 Å². The van der Waals surface area contributed by atoms with Crippen LogP contribution in [0.15, 0.2) is 42.7 Å². The van der Waals surface area contributed by atoms with Gasteiger partial charge in [0.25, 0.3) is 0 Å². The van der Waals surface area contributed by atoms with Gasteiger partial charge < -0.3 is 14.2 Å². The lowest BCUT2D eigenvalue weighted by molar-refractivity contribution is -0.148. The summed E-state index contributed by atoms with van der Waals surface area (Å²) in [5, 5.41) is 15.8. The zero-order valence-electron chi connectivity index (χ0n) is 22.4. The summed E-state index contributed by atoms with van der Waals surface area (Å²) in [5.74, 6) is 0.247. The third-order valence-electron chi connectivity index (χ3n) is 7.07. The molecule has 9 heteroatoms. The first-order valence-electron chi connectivity index (χ1n) is 12.4. The third kappa shape index (κ3) is 4.06. The molecular formula is C29H30N4O5. The van der Waals surface area contributed by atoms with E-state index in [1.165, 1.54) is 11.7 Å². The van der Waals surface area contributed by atoms with Crippen molar-refractivity contribution in [3.63, 3.8) is 0 Å². The van der Waals surface area contributed by atoms with Gasteiger partial charge in [0.2, 0.25) is 0 Å². The van der Waals surface area contributed by atoms with Gasteiger partial charge in [-0.2, -0.15) is 10.4 Å². The van der Waals surface area contributed by atoms with Gasteiger partial charge in [0, 0.05) is 28.7 Å². The average molecular weight is 515 g/mol. The van der Waals surface area contributed by atoms with Crippen LogP contribution in [0.25, 0.3) is 21.8 Å². The van der Waals surface area contributed by atoms with Gasteiger partial charge in [0.05, 0.1) is 48.3 Å². The number of carbonyl (C=O) groups excluding carboxylic acids is 2. The summed E-state index contributed by atoms with van der Waals surface area (Å²) in [4.78, 5) is 26.4. The molecule has 1 atom stereocenters. The number of hydrogen-bond donors (Lipinski definition) is 0. The predicted molar refractivity (Wildman–Crippen MR) is 141 cm³/mol. The normalized spacial score (nSPS) is 15.2. The second-order valence-electron chi connectivity index (χ2n) is 10.8. The summed E-state index contributed by atoms with van der Waals surface area (Å²) < 4.78 is 20.1. The molecule has 1 saturated carbocycles. The Hall–Kier alpha value is -4.32. The number of ether oxygens (including phenoxy) is 3. The lowest BCUT2D eigenvalue weighted by Gasteiger charge is -2.28. The van der Waals surface area contributed by atoms with Crippen LogP contribution in [0.2, 0.25) is 0 Å². The summed E-state index contributed by atoms with van der Waals surface area (Å²) >= 11 is 0. The Morgan fingerprint density at radius 2 is 1.89 bits per heavy atom. The van der Waals surface area contributed by atoms with Crippen LogP contribution in [0.1, 0.15) is 56.3 Å². The van der Waals surface area contributed by atoms with Crippen molar-refractivity contribution in [1.82, 2.24) is 14.3 Å². The van der Waals surface area contributed by atoms with E-state index in [9.17, 15) is 14.9 Å². The van der Waals surface area contributed by atoms with Crippen LogP contribution >= 0.6 is 0 Å². The fraction of sp³-hybridized carbons (Fsp3) is 0.379. The Balaban J connectivity index is 1.79. The molecule has 0 amide bonds. The molecule has 9 nitrogen and oxygen atoms in total. The summed E-state index contributed by atoms with van der Waals surface area (Å²) in [7, 11) is 2.97. The molecule has 5 rings (SSSR count). The average Bonchev–Trinajstić information content (AvgIpc) is 3.35. The minimum Gasteiger partial charge on any atom is -0.496 e. The van der Waals surface area contributed by atoms with Crippen LogP contribution < -0.4 is 4.74 Å². The standard InChI is InChI=1S/C29H30N4O5/c1-17-13-22(36-5)23(20-9-12-32(24(17)20)27(35)38-28(2,3)4)25(29(10-11-29)26(34)37-6)33-16-19-8-7-18(15-30)14-21(19)31-33/h7-9,12-14,16,25H,10-11H2,1-6H3. The summed E-state index contributed by atoms with van der Waals surface area (Å²) in [5.41, 5.74) is 1.83. The highest BCUT2D eigenvalue weighted by molar-refractivity contribution is 5.96. The zero-order chi connectivity index (χ0) is 27.4. The highest BCUT2D eigenvalue weighted by Gasteiger charge is 2.59. The van der Waals surface area contributed by atoms with E-state index >= 15 is 0 Å². The largest absolute Gasteiger partial charge is 0.496 e. The number of aryl methyl sites for hydroxylation is 1. The molecule has 2 aromatic heterocycles. The van der Waals surface area contributed by atoms with E-state index in [2.05, 4.69) is 6.07 Å². The van der Waals surface area contributed by atoms with E-state index in [0.717, 1.165) is 21.9 Å². The Kier molecular flexibility index (Phi) is 5.94. The Labute approximate surface area is 220 Å². The molecule has 0 spiro atoms. The second kappa shape index (κ2) is 8.91. The van der Waals surface area contributed by atoms with Crippen molar-refractivity contribution >= 4 is 33.9 Å². The lowest BCUT2D eigenvalue weighted by atomic mass is 9.86. The van der Waals surface area contributed by atoms with E-state index in [1.54, 1.807) is 30.1 Å². The van der Waals surface area contributed by atoms with E-state index < -0.39 is 23.2 Å². The van der Waals surface area contributed by atoms with Gasteiger partial charge in [0.15, 0.2) is 0 Å². The van der Waals surface area contributed by atoms with E-state index in [0.29, 0.717) is 35.2 Å². The van der Waals surface area contributed by atoms with Crippen molar-refractivity contribution in [3.05, 3.63) is 59.4 Å². The molecule has 196 valence electrons. The lowest BCUT2D eigenvalue weighted by Crippen LogP contribution is -2.31. The zero-order valence-corrected chi connectivity index (χ0v) is 22.4. The number of rotatable bonds is 5. The van der Waals surface area contributed by atoms with Crippen LogP contribution in [0.4, 0.5) is 4.79 Å². The van der Waals surface area contributed by atoms with Gasteiger partial charge in [0.1, 0.15) is 11.4 Å². The molecule has 1 unspecified atom stereocenters. The van der Waals surface area contributed by atoms with E-state index in [1.807, 2.05) is 52.1 Å². The van der Waals surface area contributed by atoms with Crippen molar-refractivity contribution in [2.45, 2.75) is 52.2 Å². The molecular weight excluding hydrogens is 484 g/mol. The fourth-order valence-electron chi connectivity index (χ4n) is 5.27. The highest BCUT2D eigenvalue weighted by atomic mass is 16.6. The van der Waals surface area contributed by atoms with Gasteiger partial charge in [-0.3, -0.25) is 14.0 Å². The van der Waals surface area contributed by atoms with Crippen molar-refractivity contribution in [2.75, 3.05) is 14.2 Å². The number of carbonyl (C=O) groups is 2. The van der Waals surface area contributed by atoms with Gasteiger partial charge in [-0.25, -0.2) is 4.79 Å². The molecule has 1 aliphatic rings. The smallest absolute Gasteiger partial charge is 0.419 e. The summed E-state index contributed by atoms with van der Waals surface area (Å²) in [6.07, 6.45) is 4.28. The van der Waals surface area contributed by atoms with Crippen LogP contribution in [-0.2, 0) is 14.3 Å². The molecule has 0 radical (unpaired) electrons. The Morgan fingerprint density at radius 1 is 1.16 bits per heavy atom. The molecule has 0 bridgehead atoms. The van der Waals surface area contributed by atoms with E-state index in [-0.39, 0.29) is 5.97 Å². The molecule has 2 aromatic carbocycles. The maximum atomic E-state index is 13.2. The number of hydrogen-bond acceptors (Lipinski definition) is 7. The molecule has 0 aliphatic heterocycles. The quantitative estimate of drug-likeness (QED) is 0.323. The number of esters is 1. The van der Waals surface area contributed by atoms with E-state index in [4.69, 9.17) is 19.3 Å². The topological polar surface area (TPSA) is 108 Å². The molecule has 38 heavy (non-hydrogen) atoms. The van der Waals surface area contributed by atoms with Crippen LogP contribution in [0.5, 0.6) is 5.75 Å². The van der Waals surface area contributed by atoms with Crippen LogP contribution in [0, 0.1) is 23.7 Å². The van der Waals surface area contributed by atoms with Gasteiger partial charge in [-0.05, 0) is 76.4 Å². The predicted octanol–water partition coefficient (Wildman–Crippen LogP) is 5.51. The summed E-state index contributed by atoms with van der Waals surface area (Å²) in [6, 6.07) is 10.6. The number of aromatic nitrogens is 3. The number of benzene rings is 2. The van der Waals surface area contributed by atoms with Gasteiger partial charge in [-0.15, -0.1) is 0 Å². The molecule has 1 fully saturated rings. The Bertz CT molecular complexity index is 1630. The fourth-order valence-corrected chi connectivity index (χ4v) is 5.27. The molecule has 4 aromatic rings. The SMILES string of the molecule is COC(=O)C1(C(c2c(OC)cc(C)c3c2ccn3C(=O)OC(C)(C)C)n2cc3ccc(C#N)cc3n2)CC1. The molecule has 2 heterocycles. The summed E-state index contributed by atoms with van der Waals surface area (Å²) in [6.45, 7) is 7.37. The minimum atomic E-state index is -0.863. The minimum absolute atomic E-state index is 0.331. The van der Waals surface area contributed by atoms with Gasteiger partial charge >= 0.3 is 12.1 Å². The van der Waals surface area contributed by atoms with Crippen molar-refractivity contribution < 1.29 is 23.8 Å². The second-order valence-corrected chi connectivity index (χ2v) is 10.8. The first-order valence-corrected chi connectivity index (χ1v) is 12.4. The molecule has 1 aliphatic carbocycles. The number of fused-ring (bicyclic) bond motifs is 2. The third-order valence-corrected chi connectivity index (χ3v) is 7.07. The number of methoxy groups -OCH3 is 2. The Morgan fingerprint density at radius 3 is 2.50 bits per heavy atom. The molecule has 0 N–H and O–H groups in total. The van der Waals surface area contributed by atoms with Crippen molar-refractivity contribution in [3.8, 4) is 11.8 Å². The van der Waals surface area contributed by atoms with Crippen molar-refractivity contribution in [2.24, 2.45) is 5.41 Å². The monoisotopic (exact) mass is 514 g/mol. The molecule has 0 saturated heterocycles. The van der Waals surface area contributed by atoms with Gasteiger partial charge in [-0.1, -0.05) is 0 Å². The first kappa shape index (κ1) is 25.3. The van der Waals surface area contributed by atoms with Crippen LogP contribution in [0.3, 0.4) is 0 Å². The van der Waals surface area contributed by atoms with Crippen LogP contribution in [-0.4, -0.2) is 46.2 Å². The maximum absolute atomic E-state index is 13.2. The number of nitriles is 1. The first-order chi connectivity index (χ1) is 18.0. The maximum Gasteiger partial charge on any atom is 0.419 e.